The molecule has 78 valence electrons. The first-order chi connectivity index (χ1) is 7.24. The summed E-state index contributed by atoms with van der Waals surface area (Å²) in [5, 5.41) is 12.2. The summed E-state index contributed by atoms with van der Waals surface area (Å²) in [6.45, 7) is 5.05. The minimum Gasteiger partial charge on any atom is -0.311 e. The van der Waals surface area contributed by atoms with Crippen molar-refractivity contribution in [1.82, 2.24) is 5.32 Å². The molecule has 1 N–H and O–H groups in total. The zero-order chi connectivity index (χ0) is 11.1. The summed E-state index contributed by atoms with van der Waals surface area (Å²) in [5.41, 5.74) is 1.05. The Kier molecular flexibility index (Phi) is 5.09. The number of rotatable bonds is 5. The molecule has 3 heteroatoms. The van der Waals surface area contributed by atoms with E-state index in [2.05, 4.69) is 33.9 Å². The third-order valence-electron chi connectivity index (χ3n) is 2.02. The fourth-order valence-corrected chi connectivity index (χ4v) is 1.47. The molecule has 2 nitrogen and oxygen atoms in total. The fourth-order valence-electron chi connectivity index (χ4n) is 1.28. The third-order valence-corrected chi connectivity index (χ3v) is 2.30. The molecule has 0 fully saturated rings. The Balaban J connectivity index is 2.51. The SMILES string of the molecule is C=C(Br)CNCC(C#N)c1ccccc1. The molecule has 0 bridgehead atoms. The summed E-state index contributed by atoms with van der Waals surface area (Å²) in [4.78, 5) is 0. The van der Waals surface area contributed by atoms with Crippen LogP contribution in [0.5, 0.6) is 0 Å². The zero-order valence-electron chi connectivity index (χ0n) is 8.41. The lowest BCUT2D eigenvalue weighted by Crippen LogP contribution is -2.21. The van der Waals surface area contributed by atoms with Crippen LogP contribution in [0.2, 0.25) is 0 Å². The highest BCUT2D eigenvalue weighted by atomic mass is 79.9. The molecule has 1 aromatic rings. The van der Waals surface area contributed by atoms with Gasteiger partial charge in [0.05, 0.1) is 12.0 Å². The smallest absolute Gasteiger partial charge is 0.0837 e. The number of benzene rings is 1. The van der Waals surface area contributed by atoms with Crippen LogP contribution in [0.1, 0.15) is 11.5 Å². The van der Waals surface area contributed by atoms with E-state index in [1.165, 1.54) is 0 Å². The van der Waals surface area contributed by atoms with E-state index in [0.717, 1.165) is 10.0 Å². The quantitative estimate of drug-likeness (QED) is 0.888. The van der Waals surface area contributed by atoms with Crippen LogP contribution < -0.4 is 5.32 Å². The van der Waals surface area contributed by atoms with Crippen molar-refractivity contribution in [2.45, 2.75) is 5.92 Å². The van der Waals surface area contributed by atoms with E-state index in [4.69, 9.17) is 5.26 Å². The lowest BCUT2D eigenvalue weighted by molar-refractivity contribution is 0.696. The molecule has 0 saturated heterocycles. The third kappa shape index (κ3) is 4.28. The van der Waals surface area contributed by atoms with Gasteiger partial charge in [0.15, 0.2) is 0 Å². The molecule has 1 atom stereocenters. The van der Waals surface area contributed by atoms with Crippen LogP contribution >= 0.6 is 15.9 Å². The van der Waals surface area contributed by atoms with E-state index in [1.807, 2.05) is 30.3 Å². The van der Waals surface area contributed by atoms with Crippen LogP contribution in [-0.4, -0.2) is 13.1 Å². The van der Waals surface area contributed by atoms with E-state index < -0.39 is 0 Å². The number of halogens is 1. The summed E-state index contributed by atoms with van der Waals surface area (Å²) >= 11 is 3.26. The van der Waals surface area contributed by atoms with Gasteiger partial charge < -0.3 is 5.32 Å². The molecule has 0 spiro atoms. The second-order valence-corrected chi connectivity index (χ2v) is 4.36. The maximum Gasteiger partial charge on any atom is 0.0837 e. The molecule has 15 heavy (non-hydrogen) atoms. The average molecular weight is 265 g/mol. The minimum atomic E-state index is -0.0990. The van der Waals surface area contributed by atoms with Crippen molar-refractivity contribution >= 4 is 15.9 Å². The number of nitrogens with one attached hydrogen (secondary N) is 1. The molecule has 1 unspecified atom stereocenters. The molecular formula is C12H13BrN2. The Morgan fingerprint density at radius 2 is 2.13 bits per heavy atom. The molecular weight excluding hydrogens is 252 g/mol. The van der Waals surface area contributed by atoms with Crippen molar-refractivity contribution in [3.8, 4) is 6.07 Å². The standard InChI is InChI=1S/C12H13BrN2/c1-10(13)8-15-9-12(7-14)11-5-3-2-4-6-11/h2-6,12,15H,1,8-9H2. The van der Waals surface area contributed by atoms with Gasteiger partial charge in [0.2, 0.25) is 0 Å². The van der Waals surface area contributed by atoms with Gasteiger partial charge in [-0.15, -0.1) is 0 Å². The monoisotopic (exact) mass is 264 g/mol. The predicted octanol–water partition coefficient (Wildman–Crippen LogP) is 2.79. The summed E-state index contributed by atoms with van der Waals surface area (Å²) in [7, 11) is 0. The lowest BCUT2D eigenvalue weighted by Gasteiger charge is -2.10. The summed E-state index contributed by atoms with van der Waals surface area (Å²) in [5.74, 6) is -0.0990. The van der Waals surface area contributed by atoms with Crippen molar-refractivity contribution in [3.05, 3.63) is 47.0 Å². The van der Waals surface area contributed by atoms with E-state index in [-0.39, 0.29) is 5.92 Å². The summed E-state index contributed by atoms with van der Waals surface area (Å²) in [6, 6.07) is 12.1. The van der Waals surface area contributed by atoms with Gasteiger partial charge in [0.1, 0.15) is 0 Å². The van der Waals surface area contributed by atoms with Gasteiger partial charge >= 0.3 is 0 Å². The van der Waals surface area contributed by atoms with Crippen molar-refractivity contribution < 1.29 is 0 Å². The second kappa shape index (κ2) is 6.39. The topological polar surface area (TPSA) is 35.8 Å². The molecule has 0 aliphatic rings. The van der Waals surface area contributed by atoms with Gasteiger partial charge in [-0.05, 0) is 5.56 Å². The first-order valence-electron chi connectivity index (χ1n) is 4.72. The minimum absolute atomic E-state index is 0.0990. The lowest BCUT2D eigenvalue weighted by atomic mass is 10.0. The molecule has 0 aromatic heterocycles. The van der Waals surface area contributed by atoms with Gasteiger partial charge in [0, 0.05) is 17.6 Å². The predicted molar refractivity (Wildman–Crippen MR) is 65.7 cm³/mol. The van der Waals surface area contributed by atoms with Crippen molar-refractivity contribution in [3.63, 3.8) is 0 Å². The zero-order valence-corrected chi connectivity index (χ0v) is 10.00. The molecule has 0 saturated carbocycles. The maximum atomic E-state index is 9.02. The Hall–Kier alpha value is -1.11. The van der Waals surface area contributed by atoms with E-state index >= 15 is 0 Å². The Bertz CT molecular complexity index is 354. The van der Waals surface area contributed by atoms with Crippen LogP contribution in [-0.2, 0) is 0 Å². The number of nitrogens with zero attached hydrogens (tertiary/aromatic N) is 1. The molecule has 0 heterocycles. The molecule has 0 aliphatic carbocycles. The Labute approximate surface area is 98.7 Å². The molecule has 0 aliphatic heterocycles. The van der Waals surface area contributed by atoms with Crippen LogP contribution in [0.15, 0.2) is 41.4 Å². The van der Waals surface area contributed by atoms with E-state index in [9.17, 15) is 0 Å². The van der Waals surface area contributed by atoms with Gasteiger partial charge in [-0.1, -0.05) is 52.8 Å². The van der Waals surface area contributed by atoms with Crippen molar-refractivity contribution in [2.75, 3.05) is 13.1 Å². The van der Waals surface area contributed by atoms with Crippen molar-refractivity contribution in [2.24, 2.45) is 0 Å². The summed E-state index contributed by atoms with van der Waals surface area (Å²) < 4.78 is 0.896. The Morgan fingerprint density at radius 1 is 1.47 bits per heavy atom. The second-order valence-electron chi connectivity index (χ2n) is 3.24. The van der Waals surface area contributed by atoms with Crippen LogP contribution in [0, 0.1) is 11.3 Å². The fraction of sp³-hybridized carbons (Fsp3) is 0.250. The van der Waals surface area contributed by atoms with Gasteiger partial charge in [-0.3, -0.25) is 0 Å². The van der Waals surface area contributed by atoms with Crippen LogP contribution in [0.4, 0.5) is 0 Å². The van der Waals surface area contributed by atoms with Gasteiger partial charge in [0.25, 0.3) is 0 Å². The highest BCUT2D eigenvalue weighted by Gasteiger charge is 2.08. The first kappa shape index (κ1) is 12.0. The molecule has 0 amide bonds. The highest BCUT2D eigenvalue weighted by molar-refractivity contribution is 9.11. The molecule has 1 aromatic carbocycles. The maximum absolute atomic E-state index is 9.02. The average Bonchev–Trinajstić information content (AvgIpc) is 2.25. The number of hydrogen-bond donors (Lipinski definition) is 1. The largest absolute Gasteiger partial charge is 0.311 e. The van der Waals surface area contributed by atoms with E-state index in [1.54, 1.807) is 0 Å². The molecule has 1 rings (SSSR count). The van der Waals surface area contributed by atoms with E-state index in [0.29, 0.717) is 13.1 Å². The van der Waals surface area contributed by atoms with Crippen molar-refractivity contribution in [1.29, 1.82) is 5.26 Å². The number of nitriles is 1. The summed E-state index contributed by atoms with van der Waals surface area (Å²) in [6.07, 6.45) is 0. The van der Waals surface area contributed by atoms with Gasteiger partial charge in [-0.2, -0.15) is 5.26 Å². The van der Waals surface area contributed by atoms with Gasteiger partial charge in [-0.25, -0.2) is 0 Å². The highest BCUT2D eigenvalue weighted by Crippen LogP contribution is 2.13. The first-order valence-corrected chi connectivity index (χ1v) is 5.52. The van der Waals surface area contributed by atoms with Crippen LogP contribution in [0.25, 0.3) is 0 Å². The normalized spacial score (nSPS) is 11.7. The molecule has 0 radical (unpaired) electrons. The van der Waals surface area contributed by atoms with Crippen LogP contribution in [0.3, 0.4) is 0 Å². The Morgan fingerprint density at radius 3 is 2.67 bits per heavy atom. The number of hydrogen-bond acceptors (Lipinski definition) is 2.